The van der Waals surface area contributed by atoms with Gasteiger partial charge in [0.15, 0.2) is 0 Å². The maximum atomic E-state index is 11.7. The minimum Gasteiger partial charge on any atom is -0.495 e. The van der Waals surface area contributed by atoms with Crippen molar-refractivity contribution >= 4 is 27.5 Å². The number of hydrogen-bond acceptors (Lipinski definition) is 3. The summed E-state index contributed by atoms with van der Waals surface area (Å²) in [5.41, 5.74) is 0.747. The molecular formula is C11H15BrN2O2. The molecule has 0 fully saturated rings. The van der Waals surface area contributed by atoms with Gasteiger partial charge in [-0.1, -0.05) is 15.9 Å². The van der Waals surface area contributed by atoms with Gasteiger partial charge in [-0.25, -0.2) is 0 Å². The first kappa shape index (κ1) is 13.0. The van der Waals surface area contributed by atoms with Crippen LogP contribution in [0, 0.1) is 0 Å². The summed E-state index contributed by atoms with van der Waals surface area (Å²) in [6, 6.07) is 5.55. The predicted molar refractivity (Wildman–Crippen MR) is 68.0 cm³/mol. The Bertz CT molecular complexity index is 382. The zero-order valence-electron chi connectivity index (χ0n) is 9.58. The van der Waals surface area contributed by atoms with Gasteiger partial charge in [-0.2, -0.15) is 0 Å². The second-order valence-corrected chi connectivity index (χ2v) is 4.21. The van der Waals surface area contributed by atoms with E-state index in [1.165, 1.54) is 0 Å². The Hall–Kier alpha value is -1.07. The van der Waals surface area contributed by atoms with E-state index in [9.17, 15) is 4.79 Å². The van der Waals surface area contributed by atoms with Crippen LogP contribution in [-0.2, 0) is 4.79 Å². The summed E-state index contributed by atoms with van der Waals surface area (Å²) in [7, 11) is 5.05. The third-order valence-corrected chi connectivity index (χ3v) is 2.70. The standard InChI is InChI=1S/C11H15BrN2O2/c1-13-7-11(15)14(2)9-6-8(12)4-5-10(9)16-3/h4-6,13H,7H2,1-3H3. The number of halogens is 1. The van der Waals surface area contributed by atoms with E-state index in [0.29, 0.717) is 12.3 Å². The Kier molecular flexibility index (Phi) is 4.76. The van der Waals surface area contributed by atoms with Crippen LogP contribution in [0.3, 0.4) is 0 Å². The number of anilines is 1. The van der Waals surface area contributed by atoms with Crippen LogP contribution in [0.1, 0.15) is 0 Å². The number of benzene rings is 1. The SMILES string of the molecule is CNCC(=O)N(C)c1cc(Br)ccc1OC. The number of ether oxygens (including phenoxy) is 1. The molecule has 0 spiro atoms. The van der Waals surface area contributed by atoms with Gasteiger partial charge in [0.25, 0.3) is 0 Å². The van der Waals surface area contributed by atoms with Crippen molar-refractivity contribution in [3.05, 3.63) is 22.7 Å². The molecule has 0 atom stereocenters. The largest absolute Gasteiger partial charge is 0.495 e. The van der Waals surface area contributed by atoms with E-state index in [4.69, 9.17) is 4.74 Å². The normalized spacial score (nSPS) is 10.0. The van der Waals surface area contributed by atoms with E-state index in [1.807, 2.05) is 18.2 Å². The van der Waals surface area contributed by atoms with Crippen LogP contribution in [0.25, 0.3) is 0 Å². The van der Waals surface area contributed by atoms with Crippen LogP contribution in [-0.4, -0.2) is 33.7 Å². The number of nitrogens with one attached hydrogen (secondary N) is 1. The van der Waals surface area contributed by atoms with E-state index in [-0.39, 0.29) is 5.91 Å². The minimum absolute atomic E-state index is 0.0149. The molecule has 0 aliphatic carbocycles. The minimum atomic E-state index is -0.0149. The van der Waals surface area contributed by atoms with Crippen molar-refractivity contribution < 1.29 is 9.53 Å². The predicted octanol–water partition coefficient (Wildman–Crippen LogP) is 1.64. The van der Waals surface area contributed by atoms with E-state index in [2.05, 4.69) is 21.2 Å². The fraction of sp³-hybridized carbons (Fsp3) is 0.364. The number of likely N-dealkylation sites (N-methyl/N-ethyl adjacent to an activating group) is 2. The molecule has 0 aromatic heterocycles. The molecule has 16 heavy (non-hydrogen) atoms. The molecule has 4 nitrogen and oxygen atoms in total. The lowest BCUT2D eigenvalue weighted by molar-refractivity contribution is -0.117. The van der Waals surface area contributed by atoms with Crippen molar-refractivity contribution in [3.8, 4) is 5.75 Å². The topological polar surface area (TPSA) is 41.6 Å². The fourth-order valence-electron chi connectivity index (χ4n) is 1.33. The quantitative estimate of drug-likeness (QED) is 0.915. The number of amides is 1. The van der Waals surface area contributed by atoms with Crippen LogP contribution in [0.5, 0.6) is 5.75 Å². The molecule has 1 aromatic carbocycles. The molecule has 1 aromatic rings. The Morgan fingerprint density at radius 1 is 1.56 bits per heavy atom. The Balaban J connectivity index is 3.01. The first-order chi connectivity index (χ1) is 7.60. The summed E-state index contributed by atoms with van der Waals surface area (Å²) < 4.78 is 6.12. The van der Waals surface area contributed by atoms with Crippen LogP contribution in [0.2, 0.25) is 0 Å². The second kappa shape index (κ2) is 5.86. The molecule has 0 saturated carbocycles. The number of carbonyl (C=O) groups is 1. The van der Waals surface area contributed by atoms with E-state index in [1.54, 1.807) is 26.1 Å². The van der Waals surface area contributed by atoms with Crippen molar-refractivity contribution in [2.75, 3.05) is 32.6 Å². The number of hydrogen-bond donors (Lipinski definition) is 1. The molecule has 0 radical (unpaired) electrons. The van der Waals surface area contributed by atoms with E-state index in [0.717, 1.165) is 10.2 Å². The highest BCUT2D eigenvalue weighted by Crippen LogP contribution is 2.30. The molecule has 1 amide bonds. The van der Waals surface area contributed by atoms with Crippen molar-refractivity contribution in [2.45, 2.75) is 0 Å². The summed E-state index contributed by atoms with van der Waals surface area (Å²) in [6.45, 7) is 0.298. The van der Waals surface area contributed by atoms with Gasteiger partial charge < -0.3 is 15.0 Å². The lowest BCUT2D eigenvalue weighted by Crippen LogP contribution is -2.34. The van der Waals surface area contributed by atoms with Crippen molar-refractivity contribution in [3.63, 3.8) is 0 Å². The van der Waals surface area contributed by atoms with Gasteiger partial charge in [0, 0.05) is 11.5 Å². The van der Waals surface area contributed by atoms with Crippen molar-refractivity contribution in [2.24, 2.45) is 0 Å². The molecule has 0 unspecified atom stereocenters. The van der Waals surface area contributed by atoms with Crippen LogP contribution in [0.4, 0.5) is 5.69 Å². The van der Waals surface area contributed by atoms with Crippen LogP contribution >= 0.6 is 15.9 Å². The lowest BCUT2D eigenvalue weighted by atomic mass is 10.2. The van der Waals surface area contributed by atoms with E-state index < -0.39 is 0 Å². The molecule has 0 aliphatic rings. The first-order valence-corrected chi connectivity index (χ1v) is 5.64. The molecule has 1 rings (SSSR count). The number of rotatable bonds is 4. The average molecular weight is 287 g/mol. The third-order valence-electron chi connectivity index (χ3n) is 2.20. The van der Waals surface area contributed by atoms with E-state index >= 15 is 0 Å². The van der Waals surface area contributed by atoms with Gasteiger partial charge in [-0.15, -0.1) is 0 Å². The van der Waals surface area contributed by atoms with Gasteiger partial charge in [-0.05, 0) is 25.2 Å². The van der Waals surface area contributed by atoms with Crippen LogP contribution in [0.15, 0.2) is 22.7 Å². The summed E-state index contributed by atoms with van der Waals surface area (Å²) in [5.74, 6) is 0.661. The fourth-order valence-corrected chi connectivity index (χ4v) is 1.68. The average Bonchev–Trinajstić information content (AvgIpc) is 2.28. The smallest absolute Gasteiger partial charge is 0.240 e. The summed E-state index contributed by atoms with van der Waals surface area (Å²) in [5, 5.41) is 2.83. The molecule has 5 heteroatoms. The van der Waals surface area contributed by atoms with Gasteiger partial charge in [-0.3, -0.25) is 4.79 Å². The summed E-state index contributed by atoms with van der Waals surface area (Å²) in [4.78, 5) is 13.3. The second-order valence-electron chi connectivity index (χ2n) is 3.30. The maximum absolute atomic E-state index is 11.7. The van der Waals surface area contributed by atoms with Crippen LogP contribution < -0.4 is 15.0 Å². The number of carbonyl (C=O) groups excluding carboxylic acids is 1. The first-order valence-electron chi connectivity index (χ1n) is 4.85. The Morgan fingerprint density at radius 3 is 2.81 bits per heavy atom. The van der Waals surface area contributed by atoms with Gasteiger partial charge in [0.05, 0.1) is 19.3 Å². The highest BCUT2D eigenvalue weighted by Gasteiger charge is 2.14. The number of nitrogens with zero attached hydrogens (tertiary/aromatic N) is 1. The molecule has 1 N–H and O–H groups in total. The molecule has 0 saturated heterocycles. The third kappa shape index (κ3) is 2.96. The zero-order valence-corrected chi connectivity index (χ0v) is 11.2. The lowest BCUT2D eigenvalue weighted by Gasteiger charge is -2.20. The van der Waals surface area contributed by atoms with Gasteiger partial charge >= 0.3 is 0 Å². The molecule has 88 valence electrons. The summed E-state index contributed by atoms with van der Waals surface area (Å²) >= 11 is 3.37. The Morgan fingerprint density at radius 2 is 2.25 bits per heavy atom. The van der Waals surface area contributed by atoms with Gasteiger partial charge in [0.2, 0.25) is 5.91 Å². The highest BCUT2D eigenvalue weighted by molar-refractivity contribution is 9.10. The number of methoxy groups -OCH3 is 1. The molecule has 0 heterocycles. The molecular weight excluding hydrogens is 272 g/mol. The highest BCUT2D eigenvalue weighted by atomic mass is 79.9. The zero-order chi connectivity index (χ0) is 12.1. The monoisotopic (exact) mass is 286 g/mol. The summed E-state index contributed by atoms with van der Waals surface area (Å²) in [6.07, 6.45) is 0. The molecule has 0 aliphatic heterocycles. The van der Waals surface area contributed by atoms with Crippen molar-refractivity contribution in [1.29, 1.82) is 0 Å². The van der Waals surface area contributed by atoms with Gasteiger partial charge in [0.1, 0.15) is 5.75 Å². The maximum Gasteiger partial charge on any atom is 0.240 e. The molecule has 0 bridgehead atoms. The Labute approximate surface area is 104 Å². The van der Waals surface area contributed by atoms with Crippen molar-refractivity contribution in [1.82, 2.24) is 5.32 Å².